The second-order valence-electron chi connectivity index (χ2n) is 13.7. The lowest BCUT2D eigenvalue weighted by Gasteiger charge is -2.30. The lowest BCUT2D eigenvalue weighted by molar-refractivity contribution is -0.402. The monoisotopic (exact) mass is 709 g/mol. The molecule has 51 heavy (non-hydrogen) atoms. The number of ether oxygens (including phenoxy) is 4. The smallest absolute Gasteiger partial charge is 0.395 e. The van der Waals surface area contributed by atoms with Crippen LogP contribution >= 0.6 is 0 Å². The van der Waals surface area contributed by atoms with Crippen LogP contribution in [0.25, 0.3) is 0 Å². The number of amides is 1. The summed E-state index contributed by atoms with van der Waals surface area (Å²) in [5.74, 6) is -0.914. The highest BCUT2D eigenvalue weighted by atomic mass is 16.6. The van der Waals surface area contributed by atoms with Gasteiger partial charge in [-0.15, -0.1) is 5.10 Å². The lowest BCUT2D eigenvalue weighted by atomic mass is 9.99. The number of unbranched alkanes of at least 4 members (excludes halogenated alkanes) is 5. The predicted molar refractivity (Wildman–Crippen MR) is 190 cm³/mol. The maximum absolute atomic E-state index is 12.0. The number of carbonyl (C=O) groups excluding carboxylic acids is 1. The Labute approximate surface area is 300 Å². The number of nitrogens with one attached hydrogen (secondary N) is 1. The molecule has 4 heterocycles. The molecule has 13 nitrogen and oxygen atoms in total. The van der Waals surface area contributed by atoms with Crippen molar-refractivity contribution in [3.05, 3.63) is 75.8 Å². The van der Waals surface area contributed by atoms with Crippen LogP contribution in [0.4, 0.5) is 5.88 Å². The van der Waals surface area contributed by atoms with E-state index in [0.717, 1.165) is 128 Å². The van der Waals surface area contributed by atoms with Crippen LogP contribution in [0.3, 0.4) is 0 Å². The van der Waals surface area contributed by atoms with Crippen molar-refractivity contribution in [1.82, 2.24) is 20.3 Å². The Morgan fingerprint density at radius 2 is 1.55 bits per heavy atom. The van der Waals surface area contributed by atoms with Crippen molar-refractivity contribution in [2.45, 2.75) is 134 Å². The van der Waals surface area contributed by atoms with Gasteiger partial charge in [-0.2, -0.15) is 0 Å². The second kappa shape index (κ2) is 21.7. The van der Waals surface area contributed by atoms with Gasteiger partial charge in [0, 0.05) is 26.4 Å². The van der Waals surface area contributed by atoms with Crippen molar-refractivity contribution in [2.24, 2.45) is 0 Å². The summed E-state index contributed by atoms with van der Waals surface area (Å²) in [6, 6.07) is 12.8. The number of hydrogen-bond acceptors (Lipinski definition) is 10. The molecule has 1 amide bonds. The number of rotatable bonds is 23. The molecule has 13 heteroatoms. The first-order chi connectivity index (χ1) is 25.0. The average Bonchev–Trinajstić information content (AvgIpc) is 3.86. The van der Waals surface area contributed by atoms with Crippen molar-refractivity contribution in [1.29, 1.82) is 0 Å². The van der Waals surface area contributed by atoms with Crippen molar-refractivity contribution in [2.75, 3.05) is 26.4 Å². The largest absolute Gasteiger partial charge is 0.433 e. The molecule has 0 radical (unpaired) electrons. The SMILES string of the molecule is O=C(NCCCCCCOCCCC[C@H]1CCC[C@@H](n2cc([C@H]3CCC[C@@H](CCCCOCc4ccccc4)O3)nn2)O1)c1ccc([N+](=O)[O-])o1. The highest BCUT2D eigenvalue weighted by Crippen LogP contribution is 2.34. The fraction of sp³-hybridized carbons (Fsp3) is 0.658. The van der Waals surface area contributed by atoms with Crippen LogP contribution in [-0.4, -0.2) is 64.4 Å². The van der Waals surface area contributed by atoms with Crippen molar-refractivity contribution in [3.8, 4) is 0 Å². The number of aromatic nitrogens is 3. The van der Waals surface area contributed by atoms with Crippen LogP contribution in [0.2, 0.25) is 0 Å². The van der Waals surface area contributed by atoms with Crippen molar-refractivity contribution in [3.63, 3.8) is 0 Å². The molecule has 5 rings (SSSR count). The fourth-order valence-electron chi connectivity index (χ4n) is 6.73. The van der Waals surface area contributed by atoms with E-state index in [1.807, 2.05) is 29.1 Å². The van der Waals surface area contributed by atoms with Gasteiger partial charge in [0.05, 0.1) is 31.1 Å². The van der Waals surface area contributed by atoms with Gasteiger partial charge in [-0.3, -0.25) is 14.9 Å². The molecule has 3 aromatic rings. The quantitative estimate of drug-likeness (QED) is 0.0582. The van der Waals surface area contributed by atoms with E-state index in [4.69, 9.17) is 23.4 Å². The van der Waals surface area contributed by atoms with Gasteiger partial charge in [0.2, 0.25) is 0 Å². The molecule has 2 aliphatic rings. The molecule has 1 aromatic carbocycles. The van der Waals surface area contributed by atoms with Gasteiger partial charge in [0.25, 0.3) is 5.91 Å². The summed E-state index contributed by atoms with van der Waals surface area (Å²) in [6.45, 7) is 3.42. The van der Waals surface area contributed by atoms with Crippen LogP contribution < -0.4 is 5.32 Å². The van der Waals surface area contributed by atoms with Gasteiger partial charge in [-0.05, 0) is 102 Å². The molecular weight excluding hydrogens is 654 g/mol. The van der Waals surface area contributed by atoms with E-state index in [1.165, 1.54) is 17.7 Å². The Morgan fingerprint density at radius 1 is 0.843 bits per heavy atom. The van der Waals surface area contributed by atoms with E-state index in [-0.39, 0.29) is 30.3 Å². The number of hydrogen-bond donors (Lipinski definition) is 1. The third kappa shape index (κ3) is 13.4. The summed E-state index contributed by atoms with van der Waals surface area (Å²) in [4.78, 5) is 22.0. The van der Waals surface area contributed by atoms with Crippen LogP contribution in [0.15, 0.2) is 53.1 Å². The zero-order valence-corrected chi connectivity index (χ0v) is 29.8. The Balaban J connectivity index is 0.865. The molecule has 0 unspecified atom stereocenters. The molecule has 280 valence electrons. The Bertz CT molecular complexity index is 1430. The first-order valence-corrected chi connectivity index (χ1v) is 19.0. The van der Waals surface area contributed by atoms with Crippen molar-refractivity contribution >= 4 is 11.8 Å². The van der Waals surface area contributed by atoms with E-state index in [2.05, 4.69) is 27.8 Å². The third-order valence-corrected chi connectivity index (χ3v) is 9.57. The Kier molecular flexibility index (Phi) is 16.4. The number of benzene rings is 1. The minimum Gasteiger partial charge on any atom is -0.395 e. The normalized spacial score (nSPS) is 20.7. The number of furan rings is 1. The minimum atomic E-state index is -0.662. The molecule has 1 N–H and O–H groups in total. The van der Waals surface area contributed by atoms with Gasteiger partial charge < -0.3 is 28.7 Å². The van der Waals surface area contributed by atoms with E-state index in [9.17, 15) is 14.9 Å². The summed E-state index contributed by atoms with van der Waals surface area (Å²) >= 11 is 0. The highest BCUT2D eigenvalue weighted by molar-refractivity contribution is 5.91. The van der Waals surface area contributed by atoms with Crippen LogP contribution in [0.1, 0.15) is 137 Å². The van der Waals surface area contributed by atoms with Crippen LogP contribution in [0, 0.1) is 10.1 Å². The van der Waals surface area contributed by atoms with Crippen molar-refractivity contribution < 1.29 is 33.1 Å². The summed E-state index contributed by atoms with van der Waals surface area (Å²) in [5, 5.41) is 22.4. The predicted octanol–water partition coefficient (Wildman–Crippen LogP) is 8.02. The molecule has 2 aliphatic heterocycles. The average molecular weight is 710 g/mol. The number of nitro groups is 1. The molecule has 4 atom stereocenters. The summed E-state index contributed by atoms with van der Waals surface area (Å²) < 4.78 is 31.4. The van der Waals surface area contributed by atoms with Crippen LogP contribution in [-0.2, 0) is 25.6 Å². The maximum atomic E-state index is 12.0. The third-order valence-electron chi connectivity index (χ3n) is 9.57. The summed E-state index contributed by atoms with van der Waals surface area (Å²) in [7, 11) is 0. The summed E-state index contributed by atoms with van der Waals surface area (Å²) in [5.41, 5.74) is 2.13. The number of carbonyl (C=O) groups is 1. The molecule has 2 fully saturated rings. The Hall–Kier alpha value is -3.65. The van der Waals surface area contributed by atoms with Gasteiger partial charge in [0.1, 0.15) is 16.7 Å². The van der Waals surface area contributed by atoms with E-state index >= 15 is 0 Å². The van der Waals surface area contributed by atoms with E-state index in [0.29, 0.717) is 13.2 Å². The van der Waals surface area contributed by atoms with E-state index in [1.54, 1.807) is 0 Å². The number of nitrogens with zero attached hydrogens (tertiary/aromatic N) is 4. The molecule has 2 saturated heterocycles. The van der Waals surface area contributed by atoms with Crippen LogP contribution in [0.5, 0.6) is 0 Å². The summed E-state index contributed by atoms with van der Waals surface area (Å²) in [6.07, 6.45) is 18.9. The molecule has 0 aliphatic carbocycles. The standard InChI is InChI=1S/C38H55N5O8/c44-38(35-22-23-37(51-35)43(45)46)39-24-8-1-2-9-25-47-26-10-6-17-32-19-13-21-36(50-32)42-28-33(40-41-42)34-20-12-18-31(49-34)16-7-11-27-48-29-30-14-4-3-5-15-30/h3-5,14-15,22-23,28,31-32,34,36H,1-2,6-13,16-21,24-27,29H2,(H,39,44)/t31-,32+,34-,36+/m1/s1. The maximum Gasteiger partial charge on any atom is 0.433 e. The first kappa shape index (κ1) is 38.6. The van der Waals surface area contributed by atoms with Gasteiger partial charge in [0.15, 0.2) is 12.0 Å². The molecular formula is C38H55N5O8. The van der Waals surface area contributed by atoms with Gasteiger partial charge >= 0.3 is 5.88 Å². The van der Waals surface area contributed by atoms with Gasteiger partial charge in [-0.1, -0.05) is 48.4 Å². The minimum absolute atomic E-state index is 0.00146. The molecule has 0 bridgehead atoms. The zero-order valence-electron chi connectivity index (χ0n) is 29.8. The topological polar surface area (TPSA) is 153 Å². The molecule has 0 spiro atoms. The van der Waals surface area contributed by atoms with Gasteiger partial charge in [-0.25, -0.2) is 4.68 Å². The first-order valence-electron chi connectivity index (χ1n) is 19.0. The highest BCUT2D eigenvalue weighted by Gasteiger charge is 2.28. The van der Waals surface area contributed by atoms with E-state index < -0.39 is 16.7 Å². The lowest BCUT2D eigenvalue weighted by Crippen LogP contribution is -2.26. The fourth-order valence-corrected chi connectivity index (χ4v) is 6.73. The second-order valence-corrected chi connectivity index (χ2v) is 13.7. The Morgan fingerprint density at radius 3 is 2.31 bits per heavy atom. The zero-order chi connectivity index (χ0) is 35.5. The molecule has 2 aromatic heterocycles. The molecule has 0 saturated carbocycles.